The largest absolute Gasteiger partial charge is 0.352 e. The van der Waals surface area contributed by atoms with E-state index < -0.39 is 5.41 Å². The van der Waals surface area contributed by atoms with Crippen LogP contribution in [0.1, 0.15) is 35.3 Å². The van der Waals surface area contributed by atoms with Gasteiger partial charge >= 0.3 is 0 Å². The number of carbonyl (C=O) groups is 2. The molecule has 0 unspecified atom stereocenters. The summed E-state index contributed by atoms with van der Waals surface area (Å²) in [5.74, 6) is -0.502. The van der Waals surface area contributed by atoms with Crippen LogP contribution in [0, 0.1) is 5.82 Å². The van der Waals surface area contributed by atoms with Gasteiger partial charge in [-0.25, -0.2) is 4.39 Å². The Labute approximate surface area is 146 Å². The predicted octanol–water partition coefficient (Wildman–Crippen LogP) is 3.05. The van der Waals surface area contributed by atoms with E-state index in [0.29, 0.717) is 18.5 Å². The van der Waals surface area contributed by atoms with Crippen molar-refractivity contribution >= 4 is 17.5 Å². The average Bonchev–Trinajstić information content (AvgIpc) is 2.76. The minimum absolute atomic E-state index is 0.0873. The smallest absolute Gasteiger partial charge is 0.251 e. The summed E-state index contributed by atoms with van der Waals surface area (Å²) in [6.07, 6.45) is 0.661. The third kappa shape index (κ3) is 3.14. The van der Waals surface area contributed by atoms with Crippen LogP contribution in [0.4, 0.5) is 10.1 Å². The first-order valence-electron chi connectivity index (χ1n) is 8.26. The Hall–Kier alpha value is -2.69. The van der Waals surface area contributed by atoms with Crippen molar-refractivity contribution in [2.75, 3.05) is 18.5 Å². The normalized spacial score (nSPS) is 15.2. The summed E-state index contributed by atoms with van der Waals surface area (Å²) in [5.41, 5.74) is 2.92. The van der Waals surface area contributed by atoms with Crippen molar-refractivity contribution in [3.05, 3.63) is 65.0 Å². The van der Waals surface area contributed by atoms with E-state index in [1.54, 1.807) is 11.9 Å². The number of rotatable bonds is 4. The molecule has 0 saturated heterocycles. The highest BCUT2D eigenvalue weighted by Crippen LogP contribution is 2.41. The molecule has 4 nitrogen and oxygen atoms in total. The molecule has 1 N–H and O–H groups in total. The van der Waals surface area contributed by atoms with Gasteiger partial charge in [0.1, 0.15) is 5.82 Å². The highest BCUT2D eigenvalue weighted by molar-refractivity contribution is 6.07. The molecule has 0 radical (unpaired) electrons. The number of nitrogens with zero attached hydrogens (tertiary/aromatic N) is 1. The molecule has 0 atom stereocenters. The third-order valence-electron chi connectivity index (χ3n) is 4.74. The Morgan fingerprint density at radius 1 is 1.16 bits per heavy atom. The van der Waals surface area contributed by atoms with Gasteiger partial charge < -0.3 is 10.2 Å². The maximum Gasteiger partial charge on any atom is 0.251 e. The molecule has 0 fully saturated rings. The fourth-order valence-electron chi connectivity index (χ4n) is 3.20. The third-order valence-corrected chi connectivity index (χ3v) is 4.74. The molecular weight excluding hydrogens is 319 g/mol. The second-order valence-electron chi connectivity index (χ2n) is 6.85. The first-order valence-corrected chi connectivity index (χ1v) is 8.26. The molecule has 3 rings (SSSR count). The number of carbonyl (C=O) groups excluding carboxylic acids is 2. The molecule has 0 bridgehead atoms. The lowest BCUT2D eigenvalue weighted by Gasteiger charge is -2.16. The number of anilines is 1. The molecular formula is C20H21FN2O2. The van der Waals surface area contributed by atoms with E-state index in [9.17, 15) is 14.0 Å². The van der Waals surface area contributed by atoms with Gasteiger partial charge in [-0.15, -0.1) is 0 Å². The first-order chi connectivity index (χ1) is 11.8. The number of amides is 2. The first kappa shape index (κ1) is 17.1. The highest BCUT2D eigenvalue weighted by Gasteiger charge is 2.42. The standard InChI is InChI=1S/C20H21FN2O2/c1-20(2)16-12-13(4-9-17(16)23(3)19(20)25)10-11-22-18(24)14-5-7-15(21)8-6-14/h4-9,12H,10-11H2,1-3H3,(H,22,24). The molecule has 1 heterocycles. The highest BCUT2D eigenvalue weighted by atomic mass is 19.1. The maximum atomic E-state index is 12.9. The Balaban J connectivity index is 1.65. The van der Waals surface area contributed by atoms with Gasteiger partial charge in [0.15, 0.2) is 0 Å². The number of nitrogens with one attached hydrogen (secondary N) is 1. The number of hydrogen-bond acceptors (Lipinski definition) is 2. The van der Waals surface area contributed by atoms with Crippen LogP contribution in [-0.4, -0.2) is 25.4 Å². The molecule has 130 valence electrons. The number of halogens is 1. The zero-order valence-electron chi connectivity index (χ0n) is 14.6. The van der Waals surface area contributed by atoms with Gasteiger partial charge in [0.25, 0.3) is 5.91 Å². The van der Waals surface area contributed by atoms with Gasteiger partial charge in [0, 0.05) is 24.8 Å². The van der Waals surface area contributed by atoms with E-state index in [0.717, 1.165) is 16.8 Å². The molecule has 2 aromatic rings. The second kappa shape index (κ2) is 6.31. The number of hydrogen-bond donors (Lipinski definition) is 1. The molecule has 0 saturated carbocycles. The number of fused-ring (bicyclic) bond motifs is 1. The van der Waals surface area contributed by atoms with E-state index >= 15 is 0 Å². The Kier molecular flexibility index (Phi) is 4.33. The summed E-state index contributed by atoms with van der Waals surface area (Å²) >= 11 is 0. The van der Waals surface area contributed by atoms with E-state index in [1.807, 2.05) is 32.0 Å². The molecule has 0 aromatic heterocycles. The van der Waals surface area contributed by atoms with Crippen LogP contribution in [0.3, 0.4) is 0 Å². The fourth-order valence-corrected chi connectivity index (χ4v) is 3.20. The van der Waals surface area contributed by atoms with Gasteiger partial charge in [0.05, 0.1) is 5.41 Å². The summed E-state index contributed by atoms with van der Waals surface area (Å²) in [6, 6.07) is 11.4. The zero-order valence-corrected chi connectivity index (χ0v) is 14.6. The Morgan fingerprint density at radius 2 is 1.84 bits per heavy atom. The summed E-state index contributed by atoms with van der Waals surface area (Å²) in [5, 5.41) is 2.83. The zero-order chi connectivity index (χ0) is 18.2. The molecule has 2 amide bonds. The van der Waals surface area contributed by atoms with Gasteiger partial charge in [-0.05, 0) is 61.7 Å². The minimum atomic E-state index is -0.530. The quantitative estimate of drug-likeness (QED) is 0.930. The molecule has 0 spiro atoms. The number of benzene rings is 2. The number of likely N-dealkylation sites (N-methyl/N-ethyl adjacent to an activating group) is 1. The fraction of sp³-hybridized carbons (Fsp3) is 0.300. The molecule has 0 aliphatic carbocycles. The van der Waals surface area contributed by atoms with Crippen molar-refractivity contribution in [1.29, 1.82) is 0 Å². The summed E-state index contributed by atoms with van der Waals surface area (Å²) in [4.78, 5) is 26.0. The molecule has 25 heavy (non-hydrogen) atoms. The van der Waals surface area contributed by atoms with Crippen LogP contribution in [0.25, 0.3) is 0 Å². The van der Waals surface area contributed by atoms with E-state index in [2.05, 4.69) is 5.32 Å². The predicted molar refractivity (Wildman–Crippen MR) is 95.3 cm³/mol. The van der Waals surface area contributed by atoms with Crippen molar-refractivity contribution in [3.8, 4) is 0 Å². The summed E-state index contributed by atoms with van der Waals surface area (Å²) < 4.78 is 12.9. The molecule has 1 aliphatic rings. The van der Waals surface area contributed by atoms with Gasteiger partial charge in [-0.1, -0.05) is 12.1 Å². The van der Waals surface area contributed by atoms with E-state index in [-0.39, 0.29) is 17.6 Å². The van der Waals surface area contributed by atoms with Crippen molar-refractivity contribution in [3.63, 3.8) is 0 Å². The molecule has 2 aromatic carbocycles. The average molecular weight is 340 g/mol. The van der Waals surface area contributed by atoms with Gasteiger partial charge in [0.2, 0.25) is 5.91 Å². The van der Waals surface area contributed by atoms with Crippen LogP contribution in [-0.2, 0) is 16.6 Å². The topological polar surface area (TPSA) is 49.4 Å². The summed E-state index contributed by atoms with van der Waals surface area (Å²) in [6.45, 7) is 4.33. The van der Waals surface area contributed by atoms with Crippen LogP contribution >= 0.6 is 0 Å². The minimum Gasteiger partial charge on any atom is -0.352 e. The van der Waals surface area contributed by atoms with Crippen molar-refractivity contribution in [2.45, 2.75) is 25.7 Å². The second-order valence-corrected chi connectivity index (χ2v) is 6.85. The van der Waals surface area contributed by atoms with Crippen molar-refractivity contribution in [2.24, 2.45) is 0 Å². The monoisotopic (exact) mass is 340 g/mol. The lowest BCUT2D eigenvalue weighted by atomic mass is 9.85. The van der Waals surface area contributed by atoms with E-state index in [1.165, 1.54) is 24.3 Å². The van der Waals surface area contributed by atoms with Crippen LogP contribution in [0.5, 0.6) is 0 Å². The Bertz CT molecular complexity index is 828. The van der Waals surface area contributed by atoms with Gasteiger partial charge in [-0.3, -0.25) is 9.59 Å². The Morgan fingerprint density at radius 3 is 2.52 bits per heavy atom. The molecule has 1 aliphatic heterocycles. The van der Waals surface area contributed by atoms with Crippen LogP contribution in [0.2, 0.25) is 0 Å². The molecule has 5 heteroatoms. The SMILES string of the molecule is CN1C(=O)C(C)(C)c2cc(CCNC(=O)c3ccc(F)cc3)ccc21. The summed E-state index contributed by atoms with van der Waals surface area (Å²) in [7, 11) is 1.79. The van der Waals surface area contributed by atoms with Crippen LogP contribution < -0.4 is 10.2 Å². The van der Waals surface area contributed by atoms with Gasteiger partial charge in [-0.2, -0.15) is 0 Å². The van der Waals surface area contributed by atoms with Crippen molar-refractivity contribution in [1.82, 2.24) is 5.32 Å². The van der Waals surface area contributed by atoms with Crippen molar-refractivity contribution < 1.29 is 14.0 Å². The lowest BCUT2D eigenvalue weighted by Crippen LogP contribution is -2.33. The van der Waals surface area contributed by atoms with Crippen LogP contribution in [0.15, 0.2) is 42.5 Å². The lowest BCUT2D eigenvalue weighted by molar-refractivity contribution is -0.121. The van der Waals surface area contributed by atoms with E-state index in [4.69, 9.17) is 0 Å². The maximum absolute atomic E-state index is 12.9.